The van der Waals surface area contributed by atoms with Gasteiger partial charge in [-0.1, -0.05) is 0 Å². The van der Waals surface area contributed by atoms with Crippen LogP contribution in [0.5, 0.6) is 0 Å². The lowest BCUT2D eigenvalue weighted by Crippen LogP contribution is -2.27. The summed E-state index contributed by atoms with van der Waals surface area (Å²) < 4.78 is 1.85. The maximum absolute atomic E-state index is 11.6. The lowest BCUT2D eigenvalue weighted by molar-refractivity contribution is 0.0948. The van der Waals surface area contributed by atoms with Crippen molar-refractivity contribution in [3.8, 4) is 0 Å². The Balaban J connectivity index is 1.85. The largest absolute Gasteiger partial charge is 0.350 e. The third-order valence-electron chi connectivity index (χ3n) is 2.34. The van der Waals surface area contributed by atoms with Crippen molar-refractivity contribution in [3.05, 3.63) is 46.4 Å². The van der Waals surface area contributed by atoms with Crippen molar-refractivity contribution in [2.75, 3.05) is 6.54 Å². The predicted molar refractivity (Wildman–Crippen MR) is 64.1 cm³/mol. The average molecular weight is 247 g/mol. The first-order chi connectivity index (χ1) is 8.65. The van der Waals surface area contributed by atoms with Gasteiger partial charge in [-0.25, -0.2) is 10.1 Å². The van der Waals surface area contributed by atoms with E-state index in [0.717, 1.165) is 5.69 Å². The highest BCUT2D eigenvalue weighted by Gasteiger charge is 2.06. The van der Waals surface area contributed by atoms with Crippen LogP contribution in [0, 0.1) is 0 Å². The van der Waals surface area contributed by atoms with E-state index >= 15 is 0 Å². The summed E-state index contributed by atoms with van der Waals surface area (Å²) in [4.78, 5) is 26.6. The molecule has 2 aromatic heterocycles. The number of hydrogen-bond acceptors (Lipinski definition) is 4. The van der Waals surface area contributed by atoms with Gasteiger partial charge in [0.2, 0.25) is 0 Å². The number of aromatic nitrogens is 4. The lowest BCUT2D eigenvalue weighted by Gasteiger charge is -2.02. The zero-order valence-electron chi connectivity index (χ0n) is 9.88. The topological polar surface area (TPSA) is 92.7 Å². The van der Waals surface area contributed by atoms with Crippen LogP contribution in [0.15, 0.2) is 29.5 Å². The van der Waals surface area contributed by atoms with Crippen LogP contribution >= 0.6 is 0 Å². The van der Waals surface area contributed by atoms with Gasteiger partial charge >= 0.3 is 0 Å². The van der Waals surface area contributed by atoms with E-state index in [1.54, 1.807) is 6.33 Å². The second-order valence-electron chi connectivity index (χ2n) is 3.84. The molecule has 1 amide bonds. The molecule has 0 fully saturated rings. The molecule has 0 radical (unpaired) electrons. The fourth-order valence-electron chi connectivity index (χ4n) is 1.46. The minimum Gasteiger partial charge on any atom is -0.350 e. The van der Waals surface area contributed by atoms with Crippen LogP contribution in [0.2, 0.25) is 0 Å². The van der Waals surface area contributed by atoms with E-state index in [-0.39, 0.29) is 17.2 Å². The van der Waals surface area contributed by atoms with Gasteiger partial charge in [0.1, 0.15) is 5.69 Å². The molecule has 0 aromatic carbocycles. The third-order valence-corrected chi connectivity index (χ3v) is 2.34. The first kappa shape index (κ1) is 12.0. The number of rotatable bonds is 4. The first-order valence-corrected chi connectivity index (χ1v) is 5.46. The molecule has 2 rings (SSSR count). The van der Waals surface area contributed by atoms with E-state index in [4.69, 9.17) is 0 Å². The molecule has 0 saturated heterocycles. The number of carbonyl (C=O) groups is 1. The van der Waals surface area contributed by atoms with Crippen LogP contribution in [-0.4, -0.2) is 32.2 Å². The molecule has 7 heteroatoms. The quantitative estimate of drug-likeness (QED) is 0.760. The molecule has 0 atom stereocenters. The molecule has 0 bridgehead atoms. The Bertz CT molecular complexity index is 581. The third kappa shape index (κ3) is 3.03. The van der Waals surface area contributed by atoms with Gasteiger partial charge in [-0.2, -0.15) is 5.10 Å². The predicted octanol–water partition coefficient (Wildman–Crippen LogP) is -0.524. The van der Waals surface area contributed by atoms with E-state index in [2.05, 4.69) is 20.5 Å². The molecule has 0 saturated carbocycles. The fraction of sp³-hybridized carbons (Fsp3) is 0.273. The number of hydrogen-bond donors (Lipinski definition) is 2. The van der Waals surface area contributed by atoms with Crippen molar-refractivity contribution in [2.45, 2.75) is 6.42 Å². The van der Waals surface area contributed by atoms with Gasteiger partial charge in [0.25, 0.3) is 11.5 Å². The number of aromatic amines is 1. The molecule has 94 valence electrons. The minimum atomic E-state index is -0.333. The maximum atomic E-state index is 11.6. The van der Waals surface area contributed by atoms with Crippen molar-refractivity contribution >= 4 is 5.91 Å². The highest BCUT2D eigenvalue weighted by atomic mass is 16.2. The normalized spacial score (nSPS) is 10.3. The van der Waals surface area contributed by atoms with Gasteiger partial charge in [-0.05, 0) is 6.07 Å². The molecule has 7 nitrogen and oxygen atoms in total. The molecule has 0 aliphatic heterocycles. The Morgan fingerprint density at radius 2 is 2.33 bits per heavy atom. The van der Waals surface area contributed by atoms with E-state index in [0.29, 0.717) is 13.0 Å². The highest BCUT2D eigenvalue weighted by molar-refractivity contribution is 5.91. The Morgan fingerprint density at radius 1 is 1.50 bits per heavy atom. The van der Waals surface area contributed by atoms with Crippen molar-refractivity contribution in [1.82, 2.24) is 25.1 Å². The zero-order valence-corrected chi connectivity index (χ0v) is 9.88. The molecule has 2 N–H and O–H groups in total. The number of nitrogens with zero attached hydrogens (tertiary/aromatic N) is 3. The van der Waals surface area contributed by atoms with Crippen LogP contribution in [0.1, 0.15) is 16.2 Å². The molecule has 18 heavy (non-hydrogen) atoms. The smallest absolute Gasteiger partial charge is 0.271 e. The molecule has 0 spiro atoms. The molecule has 2 aromatic rings. The van der Waals surface area contributed by atoms with Gasteiger partial charge in [-0.15, -0.1) is 0 Å². The number of amides is 1. The van der Waals surface area contributed by atoms with Crippen molar-refractivity contribution in [3.63, 3.8) is 0 Å². The Kier molecular flexibility index (Phi) is 3.52. The van der Waals surface area contributed by atoms with Crippen LogP contribution in [-0.2, 0) is 13.5 Å². The number of H-pyrrole nitrogens is 1. The van der Waals surface area contributed by atoms with Gasteiger partial charge in [-0.3, -0.25) is 9.59 Å². The number of imidazole rings is 1. The number of nitrogens with one attached hydrogen (secondary N) is 2. The van der Waals surface area contributed by atoms with Crippen LogP contribution < -0.4 is 10.9 Å². The Hall–Kier alpha value is -2.44. The Morgan fingerprint density at radius 3 is 2.94 bits per heavy atom. The second-order valence-corrected chi connectivity index (χ2v) is 3.84. The summed E-state index contributed by atoms with van der Waals surface area (Å²) in [6, 6.07) is 2.65. The van der Waals surface area contributed by atoms with E-state index in [1.165, 1.54) is 12.1 Å². The lowest BCUT2D eigenvalue weighted by atomic mass is 10.3. The fourth-order valence-corrected chi connectivity index (χ4v) is 1.46. The van der Waals surface area contributed by atoms with Crippen molar-refractivity contribution in [2.24, 2.45) is 7.05 Å². The second kappa shape index (κ2) is 5.26. The SMILES string of the molecule is Cn1cnc(CCNC(=O)c2ccc(=O)[nH]n2)c1. The molecular weight excluding hydrogens is 234 g/mol. The van der Waals surface area contributed by atoms with Crippen LogP contribution in [0.3, 0.4) is 0 Å². The molecular formula is C11H13N5O2. The summed E-state index contributed by atoms with van der Waals surface area (Å²) in [6.07, 6.45) is 4.25. The van der Waals surface area contributed by atoms with Crippen molar-refractivity contribution < 1.29 is 4.79 Å². The molecule has 2 heterocycles. The zero-order chi connectivity index (χ0) is 13.0. The van der Waals surface area contributed by atoms with Gasteiger partial charge in [0.15, 0.2) is 0 Å². The molecule has 0 aliphatic rings. The summed E-state index contributed by atoms with van der Waals surface area (Å²) in [5.74, 6) is -0.317. The Labute approximate surface area is 103 Å². The summed E-state index contributed by atoms with van der Waals surface area (Å²) >= 11 is 0. The van der Waals surface area contributed by atoms with E-state index < -0.39 is 0 Å². The number of aryl methyl sites for hydroxylation is 1. The summed E-state index contributed by atoms with van der Waals surface area (Å²) in [5.41, 5.74) is 0.767. The van der Waals surface area contributed by atoms with Crippen molar-refractivity contribution in [1.29, 1.82) is 0 Å². The highest BCUT2D eigenvalue weighted by Crippen LogP contribution is 1.95. The summed E-state index contributed by atoms with van der Waals surface area (Å²) in [7, 11) is 1.89. The molecule has 0 aliphatic carbocycles. The monoisotopic (exact) mass is 247 g/mol. The number of carbonyl (C=O) groups excluding carboxylic acids is 1. The van der Waals surface area contributed by atoms with Gasteiger partial charge < -0.3 is 9.88 Å². The standard InChI is InChI=1S/C11H13N5O2/c1-16-6-8(13-7-16)4-5-12-11(18)9-2-3-10(17)15-14-9/h2-3,6-7H,4-5H2,1H3,(H,12,18)(H,15,17). The van der Waals surface area contributed by atoms with Gasteiger partial charge in [0.05, 0.1) is 12.0 Å². The summed E-state index contributed by atoms with van der Waals surface area (Å²) in [6.45, 7) is 0.469. The maximum Gasteiger partial charge on any atom is 0.271 e. The first-order valence-electron chi connectivity index (χ1n) is 5.46. The van der Waals surface area contributed by atoms with E-state index in [9.17, 15) is 9.59 Å². The average Bonchev–Trinajstić information content (AvgIpc) is 2.76. The molecule has 0 unspecified atom stereocenters. The van der Waals surface area contributed by atoms with Crippen LogP contribution in [0.4, 0.5) is 0 Å². The summed E-state index contributed by atoms with van der Waals surface area (Å²) in [5, 5.41) is 8.55. The van der Waals surface area contributed by atoms with E-state index in [1.807, 2.05) is 17.8 Å². The van der Waals surface area contributed by atoms with Gasteiger partial charge in [0, 0.05) is 32.3 Å². The van der Waals surface area contributed by atoms with Crippen LogP contribution in [0.25, 0.3) is 0 Å². The minimum absolute atomic E-state index is 0.190.